The molecule has 96 valence electrons. The molecule has 0 atom stereocenters. The van der Waals surface area contributed by atoms with E-state index in [1.165, 1.54) is 18.8 Å². The lowest BCUT2D eigenvalue weighted by molar-refractivity contribution is 0.355. The third-order valence-corrected chi connectivity index (χ3v) is 3.03. The maximum absolute atomic E-state index is 12.1. The van der Waals surface area contributed by atoms with Gasteiger partial charge in [-0.25, -0.2) is 4.98 Å². The van der Waals surface area contributed by atoms with Gasteiger partial charge in [0.15, 0.2) is 11.5 Å². The predicted molar refractivity (Wildman–Crippen MR) is 69.6 cm³/mol. The van der Waals surface area contributed by atoms with Gasteiger partial charge in [0, 0.05) is 13.1 Å². The average molecular weight is 269 g/mol. The van der Waals surface area contributed by atoms with Crippen molar-refractivity contribution in [3.8, 4) is 11.5 Å². The van der Waals surface area contributed by atoms with E-state index in [0.717, 1.165) is 0 Å². The van der Waals surface area contributed by atoms with Crippen LogP contribution in [0.25, 0.3) is 10.9 Å². The van der Waals surface area contributed by atoms with Crippen molar-refractivity contribution in [2.75, 3.05) is 14.2 Å². The number of aromatic nitrogens is 2. The van der Waals surface area contributed by atoms with Gasteiger partial charge in [0.05, 0.1) is 31.0 Å². The SMILES string of the molecule is COc1cc2nc(CCl)n(C)c(=O)c2cc1OC. The zero-order chi connectivity index (χ0) is 13.3. The number of methoxy groups -OCH3 is 2. The Kier molecular flexibility index (Phi) is 3.43. The molecule has 0 radical (unpaired) electrons. The smallest absolute Gasteiger partial charge is 0.261 e. The van der Waals surface area contributed by atoms with Gasteiger partial charge in [-0.1, -0.05) is 0 Å². The number of alkyl halides is 1. The Morgan fingerprint density at radius 1 is 1.28 bits per heavy atom. The molecule has 0 N–H and O–H groups in total. The van der Waals surface area contributed by atoms with Crippen molar-refractivity contribution in [1.82, 2.24) is 9.55 Å². The largest absolute Gasteiger partial charge is 0.493 e. The highest BCUT2D eigenvalue weighted by atomic mass is 35.5. The molecule has 2 rings (SSSR count). The molecular formula is C12H13ClN2O3. The highest BCUT2D eigenvalue weighted by molar-refractivity contribution is 6.16. The zero-order valence-electron chi connectivity index (χ0n) is 10.4. The van der Waals surface area contributed by atoms with Gasteiger partial charge in [-0.05, 0) is 6.07 Å². The van der Waals surface area contributed by atoms with Gasteiger partial charge in [0.25, 0.3) is 5.56 Å². The Morgan fingerprint density at radius 2 is 1.89 bits per heavy atom. The maximum atomic E-state index is 12.1. The number of ether oxygens (including phenoxy) is 2. The van der Waals surface area contributed by atoms with Crippen LogP contribution in [0.1, 0.15) is 5.82 Å². The summed E-state index contributed by atoms with van der Waals surface area (Å²) in [6.07, 6.45) is 0. The molecule has 5 nitrogen and oxygen atoms in total. The van der Waals surface area contributed by atoms with Gasteiger partial charge in [-0.3, -0.25) is 9.36 Å². The van der Waals surface area contributed by atoms with Gasteiger partial charge >= 0.3 is 0 Å². The van der Waals surface area contributed by atoms with E-state index in [1.54, 1.807) is 19.2 Å². The molecule has 0 saturated carbocycles. The Bertz CT molecular complexity index is 652. The summed E-state index contributed by atoms with van der Waals surface area (Å²) in [7, 11) is 4.70. The molecule has 0 aliphatic rings. The number of fused-ring (bicyclic) bond motifs is 1. The Morgan fingerprint density at radius 3 is 2.44 bits per heavy atom. The van der Waals surface area contributed by atoms with Gasteiger partial charge in [0.2, 0.25) is 0 Å². The van der Waals surface area contributed by atoms with Crippen LogP contribution in [0, 0.1) is 0 Å². The van der Waals surface area contributed by atoms with E-state index in [0.29, 0.717) is 28.2 Å². The standard InChI is InChI=1S/C12H13ClN2O3/c1-15-11(6-13)14-8-5-10(18-3)9(17-2)4-7(8)12(15)16/h4-5H,6H2,1-3H3. The summed E-state index contributed by atoms with van der Waals surface area (Å²) < 4.78 is 11.8. The lowest BCUT2D eigenvalue weighted by atomic mass is 10.2. The number of hydrogen-bond donors (Lipinski definition) is 0. The first-order valence-corrected chi connectivity index (χ1v) is 5.83. The first-order chi connectivity index (χ1) is 8.62. The number of hydrogen-bond acceptors (Lipinski definition) is 4. The molecule has 0 unspecified atom stereocenters. The van der Waals surface area contributed by atoms with Crippen LogP contribution in [0.4, 0.5) is 0 Å². The topological polar surface area (TPSA) is 53.4 Å². The molecule has 1 heterocycles. The lowest BCUT2D eigenvalue weighted by Gasteiger charge is -2.11. The predicted octanol–water partition coefficient (Wildman–Crippen LogP) is 1.69. The van der Waals surface area contributed by atoms with E-state index in [-0.39, 0.29) is 11.4 Å². The highest BCUT2D eigenvalue weighted by Gasteiger charge is 2.12. The average Bonchev–Trinajstić information content (AvgIpc) is 2.41. The van der Waals surface area contributed by atoms with E-state index in [1.807, 2.05) is 0 Å². The summed E-state index contributed by atoms with van der Waals surface area (Å²) in [4.78, 5) is 16.5. The van der Waals surface area contributed by atoms with Crippen molar-refractivity contribution in [1.29, 1.82) is 0 Å². The third kappa shape index (κ3) is 1.90. The van der Waals surface area contributed by atoms with Crippen LogP contribution in [0.5, 0.6) is 11.5 Å². The third-order valence-electron chi connectivity index (χ3n) is 2.79. The molecule has 6 heteroatoms. The second-order valence-electron chi connectivity index (χ2n) is 3.75. The van der Waals surface area contributed by atoms with Gasteiger partial charge in [-0.15, -0.1) is 11.6 Å². The van der Waals surface area contributed by atoms with Crippen molar-refractivity contribution < 1.29 is 9.47 Å². The normalized spacial score (nSPS) is 10.7. The molecule has 0 fully saturated rings. The Hall–Kier alpha value is -1.75. The van der Waals surface area contributed by atoms with Crippen LogP contribution in [-0.4, -0.2) is 23.8 Å². The van der Waals surface area contributed by atoms with E-state index in [2.05, 4.69) is 4.98 Å². The fourth-order valence-corrected chi connectivity index (χ4v) is 2.00. The van der Waals surface area contributed by atoms with Crippen molar-refractivity contribution >= 4 is 22.5 Å². The molecule has 18 heavy (non-hydrogen) atoms. The fourth-order valence-electron chi connectivity index (χ4n) is 1.76. The van der Waals surface area contributed by atoms with E-state index in [9.17, 15) is 4.79 Å². The van der Waals surface area contributed by atoms with Crippen molar-refractivity contribution in [3.63, 3.8) is 0 Å². The number of nitrogens with zero attached hydrogens (tertiary/aromatic N) is 2. The zero-order valence-corrected chi connectivity index (χ0v) is 11.1. The van der Waals surface area contributed by atoms with Crippen molar-refractivity contribution in [2.45, 2.75) is 5.88 Å². The Labute approximate surface area is 109 Å². The summed E-state index contributed by atoms with van der Waals surface area (Å²) in [5.41, 5.74) is 0.392. The monoisotopic (exact) mass is 268 g/mol. The fraction of sp³-hybridized carbons (Fsp3) is 0.333. The summed E-state index contributed by atoms with van der Waals surface area (Å²) in [6.45, 7) is 0. The van der Waals surface area contributed by atoms with E-state index < -0.39 is 0 Å². The lowest BCUT2D eigenvalue weighted by Crippen LogP contribution is -2.21. The van der Waals surface area contributed by atoms with Gasteiger partial charge < -0.3 is 9.47 Å². The molecule has 0 amide bonds. The molecule has 0 saturated heterocycles. The van der Waals surface area contributed by atoms with Crippen LogP contribution in [0.3, 0.4) is 0 Å². The minimum absolute atomic E-state index is 0.156. The molecule has 1 aromatic heterocycles. The minimum Gasteiger partial charge on any atom is -0.493 e. The van der Waals surface area contributed by atoms with Crippen LogP contribution in [-0.2, 0) is 12.9 Å². The molecular weight excluding hydrogens is 256 g/mol. The summed E-state index contributed by atoms with van der Waals surface area (Å²) >= 11 is 5.76. The number of rotatable bonds is 3. The van der Waals surface area contributed by atoms with Crippen LogP contribution in [0.15, 0.2) is 16.9 Å². The minimum atomic E-state index is -0.156. The second-order valence-corrected chi connectivity index (χ2v) is 4.02. The molecule has 0 spiro atoms. The summed E-state index contributed by atoms with van der Waals surface area (Å²) in [5.74, 6) is 1.73. The quantitative estimate of drug-likeness (QED) is 0.795. The van der Waals surface area contributed by atoms with Crippen molar-refractivity contribution in [2.24, 2.45) is 7.05 Å². The van der Waals surface area contributed by atoms with E-state index in [4.69, 9.17) is 21.1 Å². The molecule has 0 aliphatic carbocycles. The molecule has 2 aromatic rings. The Balaban J connectivity index is 2.85. The first kappa shape index (κ1) is 12.7. The summed E-state index contributed by atoms with van der Waals surface area (Å²) in [6, 6.07) is 3.30. The van der Waals surface area contributed by atoms with Crippen LogP contribution >= 0.6 is 11.6 Å². The van der Waals surface area contributed by atoms with Gasteiger partial charge in [0.1, 0.15) is 5.82 Å². The van der Waals surface area contributed by atoms with Crippen molar-refractivity contribution in [3.05, 3.63) is 28.3 Å². The first-order valence-electron chi connectivity index (χ1n) is 5.30. The van der Waals surface area contributed by atoms with Gasteiger partial charge in [-0.2, -0.15) is 0 Å². The molecule has 0 aliphatic heterocycles. The second kappa shape index (κ2) is 4.86. The van der Waals surface area contributed by atoms with Crippen LogP contribution in [0.2, 0.25) is 0 Å². The summed E-state index contributed by atoms with van der Waals surface area (Å²) in [5, 5.41) is 0.476. The number of halogens is 1. The highest BCUT2D eigenvalue weighted by Crippen LogP contribution is 2.30. The van der Waals surface area contributed by atoms with E-state index >= 15 is 0 Å². The molecule has 0 bridgehead atoms. The van der Waals surface area contributed by atoms with Crippen LogP contribution < -0.4 is 15.0 Å². The maximum Gasteiger partial charge on any atom is 0.261 e. The number of benzene rings is 1. The molecule has 1 aromatic carbocycles.